The molecule has 4 aromatic heterocycles. The van der Waals surface area contributed by atoms with Gasteiger partial charge in [-0.3, -0.25) is 37.4 Å². The van der Waals surface area contributed by atoms with Crippen LogP contribution in [0.2, 0.25) is 0 Å². The van der Waals surface area contributed by atoms with Crippen LogP contribution in [0.1, 0.15) is 42.0 Å². The Hall–Kier alpha value is -7.69. The van der Waals surface area contributed by atoms with Crippen molar-refractivity contribution in [3.63, 3.8) is 0 Å². The first-order valence-corrected chi connectivity index (χ1v) is 27.2. The molecule has 0 aliphatic carbocycles. The van der Waals surface area contributed by atoms with Crippen molar-refractivity contribution < 1.29 is 105 Å². The van der Waals surface area contributed by atoms with Gasteiger partial charge in [0.1, 0.15) is 42.4 Å². The van der Waals surface area contributed by atoms with Crippen molar-refractivity contribution in [2.45, 2.75) is 19.6 Å². The number of carbonyl (C=O) groups excluding carboxylic acids is 5. The minimum atomic E-state index is -5.10. The maximum absolute atomic E-state index is 13.4. The zero-order chi connectivity index (χ0) is 55.6. The van der Waals surface area contributed by atoms with Gasteiger partial charge in [0.2, 0.25) is 0 Å². The van der Waals surface area contributed by atoms with Crippen LogP contribution in [0.4, 0.5) is 38.9 Å². The molecule has 4 aromatic carbocycles. The van der Waals surface area contributed by atoms with E-state index >= 15 is 0 Å². The summed E-state index contributed by atoms with van der Waals surface area (Å²) in [5, 5.41) is 14.0. The van der Waals surface area contributed by atoms with E-state index in [1.165, 1.54) is 108 Å². The number of urea groups is 1. The maximum Gasteiger partial charge on any atom is 1.00 e. The number of fused-ring (bicyclic) bond motifs is 2. The number of hydrogen-bond donors (Lipinski definition) is 10. The minimum absolute atomic E-state index is 0. The monoisotopic (exact) mass is 1140 g/mol. The second-order valence-electron chi connectivity index (χ2n) is 16.8. The molecule has 4 heterocycles. The fraction of sp³-hybridized carbons (Fsp3) is 0.0889. The van der Waals surface area contributed by atoms with Crippen LogP contribution in [0.25, 0.3) is 21.5 Å². The van der Waals surface area contributed by atoms with Gasteiger partial charge in [0.15, 0.2) is 0 Å². The van der Waals surface area contributed by atoms with Crippen LogP contribution in [0.5, 0.6) is 0 Å². The standard InChI is InChI=1S/C45H40N10O17S4.Na/c1-52-19-23(15-35(52)43(58)50-31-13-11-27-29(39(31)75(67,68)69)7-5-9-37(27)73(61,62)63)46-41(56)33-17-25(21-54(33)3)48-45(60)49-26-18-34(55(4)22-26)42(57)47-24-16-36(53(2)20-24)44(59)51-32-14-12-28-30(40(32)76(70,71)72)8-6-10-38(28)74(64,65)66;/h5-22H,1-4H3,(H,46,56)(H,47,57)(H,50,58)(H,51,59)(H2,48,49,60)(H,61,62,63)(H,64,65,66)(H,67,68,69)(H,70,71,72);/q;+1. The van der Waals surface area contributed by atoms with E-state index < -0.39 is 101 Å². The molecule has 32 heteroatoms. The number of benzene rings is 4. The first-order chi connectivity index (χ1) is 35.4. The Labute approximate surface area is 458 Å². The van der Waals surface area contributed by atoms with Crippen molar-refractivity contribution in [2.75, 3.05) is 31.9 Å². The van der Waals surface area contributed by atoms with Crippen molar-refractivity contribution in [2.24, 2.45) is 28.2 Å². The number of anilines is 6. The molecule has 0 spiro atoms. The number of nitrogens with zero attached hydrogens (tertiary/aromatic N) is 4. The molecule has 6 amide bonds. The summed E-state index contributed by atoms with van der Waals surface area (Å²) in [5.41, 5.74) is -0.447. The van der Waals surface area contributed by atoms with E-state index in [4.69, 9.17) is 0 Å². The molecular formula is C45H40N10NaO17S4+. The average molecular weight is 1140 g/mol. The molecule has 0 aliphatic heterocycles. The molecule has 0 aliphatic rings. The number of rotatable bonds is 14. The summed E-state index contributed by atoms with van der Waals surface area (Å²) in [6.07, 6.45) is 5.57. The third kappa shape index (κ3) is 12.0. The Kier molecular flexibility index (Phi) is 15.6. The topological polar surface area (TPSA) is 395 Å². The van der Waals surface area contributed by atoms with Gasteiger partial charge in [0, 0.05) is 74.5 Å². The molecule has 0 saturated heterocycles. The molecule has 0 fully saturated rings. The van der Waals surface area contributed by atoms with Crippen molar-refractivity contribution in [1.82, 2.24) is 18.3 Å². The van der Waals surface area contributed by atoms with Crippen molar-refractivity contribution >= 4 is 126 Å². The Morgan fingerprint density at radius 3 is 0.948 bits per heavy atom. The van der Waals surface area contributed by atoms with Crippen LogP contribution in [0.3, 0.4) is 0 Å². The van der Waals surface area contributed by atoms with E-state index in [1.807, 2.05) is 0 Å². The third-order valence-corrected chi connectivity index (χ3v) is 15.2. The Bertz CT molecular complexity index is 4030. The molecular weight excluding hydrogens is 1100 g/mol. The van der Waals surface area contributed by atoms with E-state index in [9.17, 15) is 75.9 Å². The van der Waals surface area contributed by atoms with Gasteiger partial charge in [-0.2, -0.15) is 33.7 Å². The molecule has 77 heavy (non-hydrogen) atoms. The largest absolute Gasteiger partial charge is 1.00 e. The molecule has 0 atom stereocenters. The fourth-order valence-electron chi connectivity index (χ4n) is 8.30. The van der Waals surface area contributed by atoms with Crippen LogP contribution in [-0.2, 0) is 68.7 Å². The second-order valence-corrected chi connectivity index (χ2v) is 22.3. The first-order valence-electron chi connectivity index (χ1n) is 21.4. The molecule has 0 unspecified atom stereocenters. The third-order valence-electron chi connectivity index (χ3n) is 11.5. The van der Waals surface area contributed by atoms with Gasteiger partial charge in [-0.15, -0.1) is 0 Å². The van der Waals surface area contributed by atoms with Crippen LogP contribution < -0.4 is 61.5 Å². The average Bonchev–Trinajstić information content (AvgIpc) is 4.08. The zero-order valence-electron chi connectivity index (χ0n) is 40.4. The van der Waals surface area contributed by atoms with Gasteiger partial charge in [-0.05, 0) is 48.5 Å². The molecule has 396 valence electrons. The predicted molar refractivity (Wildman–Crippen MR) is 273 cm³/mol. The zero-order valence-corrected chi connectivity index (χ0v) is 45.7. The molecule has 10 N–H and O–H groups in total. The molecule has 0 radical (unpaired) electrons. The van der Waals surface area contributed by atoms with Gasteiger partial charge in [0.25, 0.3) is 64.1 Å². The van der Waals surface area contributed by atoms with Gasteiger partial charge >= 0.3 is 35.6 Å². The smallest absolute Gasteiger partial charge is 0.344 e. The Morgan fingerprint density at radius 1 is 0.377 bits per heavy atom. The number of nitrogens with one attached hydrogen (secondary N) is 6. The molecule has 8 rings (SSSR count). The fourth-order valence-corrected chi connectivity index (χ4v) is 11.4. The quantitative estimate of drug-likeness (QED) is 0.0550. The first kappa shape index (κ1) is 57.0. The number of amides is 6. The van der Waals surface area contributed by atoms with E-state index in [0.717, 1.165) is 48.5 Å². The number of aromatic nitrogens is 4. The normalized spacial score (nSPS) is 11.9. The summed E-state index contributed by atoms with van der Waals surface area (Å²) in [4.78, 5) is 63.9. The summed E-state index contributed by atoms with van der Waals surface area (Å²) < 4.78 is 143. The summed E-state index contributed by atoms with van der Waals surface area (Å²) in [6.45, 7) is 0. The van der Waals surface area contributed by atoms with Crippen molar-refractivity contribution in [3.8, 4) is 0 Å². The van der Waals surface area contributed by atoms with Crippen LogP contribution in [-0.4, -0.2) is 99.8 Å². The number of aryl methyl sites for hydroxylation is 4. The predicted octanol–water partition coefficient (Wildman–Crippen LogP) is 1.99. The Morgan fingerprint density at radius 2 is 0.662 bits per heavy atom. The van der Waals surface area contributed by atoms with Crippen molar-refractivity contribution in [1.29, 1.82) is 0 Å². The van der Waals surface area contributed by atoms with E-state index in [2.05, 4.69) is 31.9 Å². The van der Waals surface area contributed by atoms with E-state index in [1.54, 1.807) is 0 Å². The van der Waals surface area contributed by atoms with Crippen molar-refractivity contribution in [3.05, 3.63) is 132 Å². The molecule has 27 nitrogen and oxygen atoms in total. The molecule has 0 saturated carbocycles. The Balaban J connectivity index is 0.00000861. The summed E-state index contributed by atoms with van der Waals surface area (Å²) in [7, 11) is -13.9. The summed E-state index contributed by atoms with van der Waals surface area (Å²) in [5.74, 6) is -3.18. The molecule has 0 bridgehead atoms. The van der Waals surface area contributed by atoms with Gasteiger partial charge in [-0.25, -0.2) is 4.79 Å². The van der Waals surface area contributed by atoms with Crippen LogP contribution in [0, 0.1) is 0 Å². The molecule has 8 aromatic rings. The van der Waals surface area contributed by atoms with Gasteiger partial charge < -0.3 is 50.2 Å². The maximum atomic E-state index is 13.4. The van der Waals surface area contributed by atoms with Crippen LogP contribution >= 0.6 is 0 Å². The van der Waals surface area contributed by atoms with E-state index in [0.29, 0.717) is 0 Å². The second kappa shape index (κ2) is 21.0. The summed E-state index contributed by atoms with van der Waals surface area (Å²) in [6, 6.07) is 15.4. The van der Waals surface area contributed by atoms with E-state index in [-0.39, 0.29) is 96.6 Å². The SMILES string of the molecule is Cn1cc(NC(=O)Nc2cc(C(=O)Nc3cc(C(=O)Nc4ccc5c(S(=O)(=O)O)cccc5c4S(=O)(=O)O)n(C)c3)n(C)c2)cc1C(=O)Nc1cc(C(=O)Nc2ccc3c(S(=O)(=O)O)cccc3c2S(=O)(=O)O)n(C)c1.[Na+]. The van der Waals surface area contributed by atoms with Crippen LogP contribution in [0.15, 0.2) is 129 Å². The van der Waals surface area contributed by atoms with Gasteiger partial charge in [0.05, 0.1) is 34.1 Å². The minimum Gasteiger partial charge on any atom is -0.344 e. The van der Waals surface area contributed by atoms with Gasteiger partial charge in [-0.1, -0.05) is 36.4 Å². The number of hydrogen-bond acceptors (Lipinski definition) is 13. The summed E-state index contributed by atoms with van der Waals surface area (Å²) >= 11 is 0. The number of carbonyl (C=O) groups is 5.